The molecule has 0 aromatic rings. The summed E-state index contributed by atoms with van der Waals surface area (Å²) >= 11 is 0. The maximum Gasteiger partial charge on any atom is 0.0558 e. The summed E-state index contributed by atoms with van der Waals surface area (Å²) in [5.74, 6) is 0. The molecule has 0 amide bonds. The molecule has 0 bridgehead atoms. The number of hydrogen-bond acceptors (Lipinski definition) is 5. The Balaban J connectivity index is 3.48. The standard InChI is InChI=1S/C60H116N2O3/c1-3-5-7-9-11-13-15-17-19-21-23-25-27-33-39-45-51-61(55-57-63)53-47-41-35-29-31-37-43-49-59-65-60-50-44-38-32-30-36-42-48-54-62(56-58-64)52-46-40-34-28-26-24-22-20-18-16-14-12-10-8-6-4-2/h11-14,17-20,63-64H,3-10,15-16,21-60H2,1-2H3/b13-11-,14-12-,19-17-,20-18-. The smallest absolute Gasteiger partial charge is 0.0558 e. The number of rotatable bonds is 56. The van der Waals surface area contributed by atoms with Crippen LogP contribution in [0.5, 0.6) is 0 Å². The Hall–Kier alpha value is -1.24. The van der Waals surface area contributed by atoms with Gasteiger partial charge in [-0.05, 0) is 129 Å². The summed E-state index contributed by atoms with van der Waals surface area (Å²) in [6.45, 7) is 13.3. The highest BCUT2D eigenvalue weighted by Crippen LogP contribution is 2.14. The van der Waals surface area contributed by atoms with Crippen molar-refractivity contribution in [2.24, 2.45) is 0 Å². The fourth-order valence-corrected chi connectivity index (χ4v) is 8.90. The molecule has 0 unspecified atom stereocenters. The van der Waals surface area contributed by atoms with E-state index in [1.807, 2.05) is 0 Å². The van der Waals surface area contributed by atoms with Gasteiger partial charge in [0.2, 0.25) is 0 Å². The summed E-state index contributed by atoms with van der Waals surface area (Å²) in [6, 6.07) is 0. The Morgan fingerprint density at radius 1 is 0.277 bits per heavy atom. The zero-order chi connectivity index (χ0) is 46.9. The van der Waals surface area contributed by atoms with Crippen LogP contribution < -0.4 is 0 Å². The summed E-state index contributed by atoms with van der Waals surface area (Å²) in [6.07, 6.45) is 71.1. The largest absolute Gasteiger partial charge is 0.395 e. The third kappa shape index (κ3) is 55.2. The molecule has 0 rings (SSSR count). The summed E-state index contributed by atoms with van der Waals surface area (Å²) < 4.78 is 5.95. The van der Waals surface area contributed by atoms with Gasteiger partial charge >= 0.3 is 0 Å². The lowest BCUT2D eigenvalue weighted by Gasteiger charge is -2.21. The molecule has 0 heterocycles. The van der Waals surface area contributed by atoms with Crippen LogP contribution in [-0.4, -0.2) is 85.7 Å². The van der Waals surface area contributed by atoms with E-state index in [0.717, 1.165) is 65.3 Å². The lowest BCUT2D eigenvalue weighted by atomic mass is 10.1. The highest BCUT2D eigenvalue weighted by Gasteiger charge is 2.06. The summed E-state index contributed by atoms with van der Waals surface area (Å²) in [5, 5.41) is 19.1. The highest BCUT2D eigenvalue weighted by atomic mass is 16.5. The van der Waals surface area contributed by atoms with Gasteiger partial charge in [-0.1, -0.05) is 217 Å². The number of unbranched alkanes of at least 4 members (excludes halogenated alkanes) is 32. The minimum absolute atomic E-state index is 0.289. The van der Waals surface area contributed by atoms with Crippen LogP contribution in [0.25, 0.3) is 0 Å². The molecule has 384 valence electrons. The van der Waals surface area contributed by atoms with Gasteiger partial charge in [-0.15, -0.1) is 0 Å². The zero-order valence-electron chi connectivity index (χ0n) is 44.2. The normalized spacial score (nSPS) is 12.4. The molecule has 65 heavy (non-hydrogen) atoms. The number of nitrogens with zero attached hydrogens (tertiary/aromatic N) is 2. The molecule has 0 saturated heterocycles. The first kappa shape index (κ1) is 63.8. The molecular formula is C60H116N2O3. The van der Waals surface area contributed by atoms with Crippen molar-refractivity contribution >= 4 is 0 Å². The number of hydrogen-bond donors (Lipinski definition) is 2. The topological polar surface area (TPSA) is 56.2 Å². The van der Waals surface area contributed by atoms with E-state index in [1.54, 1.807) is 0 Å². The fraction of sp³-hybridized carbons (Fsp3) is 0.867. The molecule has 5 nitrogen and oxygen atoms in total. The van der Waals surface area contributed by atoms with Crippen LogP contribution in [0.1, 0.15) is 271 Å². The Labute approximate surface area is 408 Å². The van der Waals surface area contributed by atoms with Gasteiger partial charge in [-0.3, -0.25) is 0 Å². The average Bonchev–Trinajstić information content (AvgIpc) is 3.31. The van der Waals surface area contributed by atoms with Crippen LogP contribution in [0.2, 0.25) is 0 Å². The predicted octanol–water partition coefficient (Wildman–Crippen LogP) is 17.5. The summed E-state index contributed by atoms with van der Waals surface area (Å²) in [4.78, 5) is 5.00. The van der Waals surface area contributed by atoms with Crippen LogP contribution >= 0.6 is 0 Å². The van der Waals surface area contributed by atoms with Crippen molar-refractivity contribution in [3.63, 3.8) is 0 Å². The molecule has 0 aliphatic rings. The van der Waals surface area contributed by atoms with Gasteiger partial charge in [0.05, 0.1) is 13.2 Å². The van der Waals surface area contributed by atoms with Crippen molar-refractivity contribution in [3.05, 3.63) is 48.6 Å². The first-order valence-electron chi connectivity index (χ1n) is 29.1. The van der Waals surface area contributed by atoms with E-state index in [9.17, 15) is 10.2 Å². The molecular weight excluding hydrogens is 797 g/mol. The minimum atomic E-state index is 0.289. The van der Waals surface area contributed by atoms with E-state index < -0.39 is 0 Å². The van der Waals surface area contributed by atoms with E-state index in [4.69, 9.17) is 4.74 Å². The zero-order valence-corrected chi connectivity index (χ0v) is 44.2. The monoisotopic (exact) mass is 913 g/mol. The molecule has 0 saturated carbocycles. The molecule has 0 aromatic carbocycles. The van der Waals surface area contributed by atoms with Crippen LogP contribution in [0.3, 0.4) is 0 Å². The number of ether oxygens (including phenoxy) is 1. The van der Waals surface area contributed by atoms with E-state index in [0.29, 0.717) is 0 Å². The maximum absolute atomic E-state index is 9.56. The van der Waals surface area contributed by atoms with Crippen LogP contribution in [0.4, 0.5) is 0 Å². The molecule has 2 N–H and O–H groups in total. The Morgan fingerprint density at radius 3 is 0.800 bits per heavy atom. The molecule has 0 spiro atoms. The second-order valence-corrected chi connectivity index (χ2v) is 19.6. The molecule has 0 radical (unpaired) electrons. The molecule has 0 fully saturated rings. The van der Waals surface area contributed by atoms with Gasteiger partial charge in [0.1, 0.15) is 0 Å². The van der Waals surface area contributed by atoms with Crippen LogP contribution in [-0.2, 0) is 4.74 Å². The van der Waals surface area contributed by atoms with Crippen molar-refractivity contribution in [3.8, 4) is 0 Å². The van der Waals surface area contributed by atoms with Gasteiger partial charge in [0, 0.05) is 26.3 Å². The van der Waals surface area contributed by atoms with Crippen molar-refractivity contribution in [2.75, 3.05) is 65.7 Å². The lowest BCUT2D eigenvalue weighted by molar-refractivity contribution is 0.125. The van der Waals surface area contributed by atoms with Gasteiger partial charge in [0.15, 0.2) is 0 Å². The van der Waals surface area contributed by atoms with Crippen LogP contribution in [0.15, 0.2) is 48.6 Å². The molecule has 0 aliphatic carbocycles. The third-order valence-corrected chi connectivity index (χ3v) is 13.2. The van der Waals surface area contributed by atoms with E-state index in [-0.39, 0.29) is 13.2 Å². The van der Waals surface area contributed by atoms with Crippen LogP contribution in [0, 0.1) is 0 Å². The number of aliphatic hydroxyl groups excluding tert-OH is 2. The second kappa shape index (κ2) is 58.9. The maximum atomic E-state index is 9.56. The van der Waals surface area contributed by atoms with Gasteiger partial charge in [0.25, 0.3) is 0 Å². The Morgan fingerprint density at radius 2 is 0.523 bits per heavy atom. The predicted molar refractivity (Wildman–Crippen MR) is 290 cm³/mol. The van der Waals surface area contributed by atoms with Gasteiger partial charge in [-0.25, -0.2) is 0 Å². The van der Waals surface area contributed by atoms with Gasteiger partial charge < -0.3 is 24.7 Å². The average molecular weight is 914 g/mol. The Bertz CT molecular complexity index is 903. The Kier molecular flexibility index (Phi) is 57.8. The first-order chi connectivity index (χ1) is 32.3. The van der Waals surface area contributed by atoms with Gasteiger partial charge in [-0.2, -0.15) is 0 Å². The van der Waals surface area contributed by atoms with E-state index >= 15 is 0 Å². The summed E-state index contributed by atoms with van der Waals surface area (Å²) in [7, 11) is 0. The fourth-order valence-electron chi connectivity index (χ4n) is 8.90. The van der Waals surface area contributed by atoms with Crippen molar-refractivity contribution in [1.29, 1.82) is 0 Å². The first-order valence-corrected chi connectivity index (χ1v) is 29.1. The van der Waals surface area contributed by atoms with E-state index in [1.165, 1.54) is 244 Å². The highest BCUT2D eigenvalue weighted by molar-refractivity contribution is 4.93. The molecule has 0 aliphatic heterocycles. The third-order valence-electron chi connectivity index (χ3n) is 13.2. The number of aliphatic hydroxyl groups is 2. The lowest BCUT2D eigenvalue weighted by Crippen LogP contribution is -2.29. The van der Waals surface area contributed by atoms with Crippen molar-refractivity contribution in [2.45, 2.75) is 271 Å². The minimum Gasteiger partial charge on any atom is -0.395 e. The van der Waals surface area contributed by atoms with E-state index in [2.05, 4.69) is 72.3 Å². The second-order valence-electron chi connectivity index (χ2n) is 19.6. The molecule has 0 aromatic heterocycles. The number of allylic oxidation sites excluding steroid dienone is 8. The summed E-state index contributed by atoms with van der Waals surface area (Å²) in [5.41, 5.74) is 0. The van der Waals surface area contributed by atoms with Crippen molar-refractivity contribution in [1.82, 2.24) is 9.80 Å². The SMILES string of the molecule is CCCCC/C=C\C/C=C\CCCCCCCCN(CCO)CCCCCCCCCCOCCCCCCCCCCN(CCO)CCCCCCCC/C=C\C/C=C\CCCCC. The molecule has 5 heteroatoms. The van der Waals surface area contributed by atoms with Crippen molar-refractivity contribution < 1.29 is 14.9 Å². The molecule has 0 atom stereocenters. The quantitative estimate of drug-likeness (QED) is 0.0470.